The molecule has 0 saturated carbocycles. The van der Waals surface area contributed by atoms with Crippen molar-refractivity contribution >= 4 is 31.9 Å². The van der Waals surface area contributed by atoms with E-state index in [0.29, 0.717) is 26.1 Å². The first-order valence-corrected chi connectivity index (χ1v) is 10.3. The fourth-order valence-corrected chi connectivity index (χ4v) is 4.01. The van der Waals surface area contributed by atoms with E-state index in [9.17, 15) is 13.2 Å². The maximum Gasteiger partial charge on any atom is 0.287 e. The van der Waals surface area contributed by atoms with Crippen molar-refractivity contribution in [2.75, 3.05) is 20.3 Å². The van der Waals surface area contributed by atoms with Gasteiger partial charge >= 0.3 is 0 Å². The van der Waals surface area contributed by atoms with Crippen LogP contribution in [0.2, 0.25) is 0 Å². The van der Waals surface area contributed by atoms with Crippen LogP contribution in [0, 0.1) is 0 Å². The number of halogens is 1. The number of furan rings is 1. The topological polar surface area (TPSA) is 97.6 Å². The average molecular weight is 443 g/mol. The van der Waals surface area contributed by atoms with E-state index >= 15 is 0 Å². The molecule has 1 aromatic heterocycles. The van der Waals surface area contributed by atoms with Gasteiger partial charge in [-0.2, -0.15) is 0 Å². The monoisotopic (exact) mass is 442 g/mol. The molecule has 9 heteroatoms. The van der Waals surface area contributed by atoms with Gasteiger partial charge in [0, 0.05) is 17.7 Å². The minimum atomic E-state index is -3.74. The second kappa shape index (κ2) is 7.51. The molecule has 1 fully saturated rings. The van der Waals surface area contributed by atoms with Crippen molar-refractivity contribution in [1.82, 2.24) is 10.0 Å². The van der Waals surface area contributed by atoms with E-state index in [1.165, 1.54) is 19.2 Å². The van der Waals surface area contributed by atoms with E-state index in [-0.39, 0.29) is 10.9 Å². The van der Waals surface area contributed by atoms with Gasteiger partial charge in [-0.25, -0.2) is 13.1 Å². The smallest absolute Gasteiger partial charge is 0.287 e. The summed E-state index contributed by atoms with van der Waals surface area (Å²) in [5.74, 6) is -0.524. The Morgan fingerprint density at radius 2 is 1.92 bits per heavy atom. The molecule has 0 bridgehead atoms. The molecule has 2 aromatic rings. The highest BCUT2D eigenvalue weighted by atomic mass is 79.9. The molecule has 0 spiro atoms. The van der Waals surface area contributed by atoms with Crippen molar-refractivity contribution < 1.29 is 22.4 Å². The number of carbonyl (C=O) groups excluding carboxylic acids is 1. The van der Waals surface area contributed by atoms with Crippen molar-refractivity contribution in [3.8, 4) is 0 Å². The Morgan fingerprint density at radius 1 is 1.19 bits per heavy atom. The summed E-state index contributed by atoms with van der Waals surface area (Å²) in [6, 6.07) is 10.4. The molecule has 1 aliphatic rings. The lowest BCUT2D eigenvalue weighted by atomic mass is 9.82. The normalized spacial score (nSPS) is 17.0. The third-order valence-electron chi connectivity index (χ3n) is 4.42. The van der Waals surface area contributed by atoms with Crippen LogP contribution in [-0.4, -0.2) is 34.6 Å². The molecule has 1 aliphatic heterocycles. The summed E-state index contributed by atoms with van der Waals surface area (Å²) in [4.78, 5) is 12.7. The standard InChI is InChI=1S/C17H19BrN2O5S/c1-19-26(22,23)15-6-5-14(25-15)16(21)20-17(7-9-24-10-8-17)12-3-2-4-13(18)11-12/h2-6,11,19H,7-10H2,1H3,(H,20,21). The van der Waals surface area contributed by atoms with Crippen LogP contribution in [0.1, 0.15) is 29.0 Å². The number of hydrogen-bond acceptors (Lipinski definition) is 5. The third-order valence-corrected chi connectivity index (χ3v) is 6.19. The predicted molar refractivity (Wildman–Crippen MR) is 98.3 cm³/mol. The number of rotatable bonds is 5. The summed E-state index contributed by atoms with van der Waals surface area (Å²) < 4.78 is 37.3. The van der Waals surface area contributed by atoms with Crippen LogP contribution in [0.15, 0.2) is 50.4 Å². The third kappa shape index (κ3) is 3.85. The van der Waals surface area contributed by atoms with Crippen LogP contribution in [0.25, 0.3) is 0 Å². The van der Waals surface area contributed by atoms with E-state index in [4.69, 9.17) is 9.15 Å². The van der Waals surface area contributed by atoms with Gasteiger partial charge in [-0.05, 0) is 49.7 Å². The lowest BCUT2D eigenvalue weighted by Crippen LogP contribution is -2.49. The predicted octanol–water partition coefficient (Wildman–Crippen LogP) is 2.39. The van der Waals surface area contributed by atoms with Crippen molar-refractivity contribution in [3.63, 3.8) is 0 Å². The first-order valence-electron chi connectivity index (χ1n) is 8.06. The molecular weight excluding hydrogens is 424 g/mol. The number of nitrogens with one attached hydrogen (secondary N) is 2. The summed E-state index contributed by atoms with van der Waals surface area (Å²) >= 11 is 3.46. The highest BCUT2D eigenvalue weighted by Gasteiger charge is 2.37. The Balaban J connectivity index is 1.89. The van der Waals surface area contributed by atoms with Crippen LogP contribution >= 0.6 is 15.9 Å². The number of sulfonamides is 1. The first kappa shape index (κ1) is 19.1. The van der Waals surface area contributed by atoms with Gasteiger partial charge in [-0.15, -0.1) is 0 Å². The molecule has 2 heterocycles. The Hall–Kier alpha value is -1.68. The SMILES string of the molecule is CNS(=O)(=O)c1ccc(C(=O)NC2(c3cccc(Br)c3)CCOCC2)o1. The minimum Gasteiger partial charge on any atom is -0.438 e. The van der Waals surface area contributed by atoms with Gasteiger partial charge in [-0.1, -0.05) is 28.1 Å². The molecule has 3 rings (SSSR count). The van der Waals surface area contributed by atoms with Crippen molar-refractivity contribution in [2.45, 2.75) is 23.5 Å². The number of amides is 1. The second-order valence-corrected chi connectivity index (χ2v) is 8.72. The Bertz CT molecular complexity index is 903. The van der Waals surface area contributed by atoms with Crippen molar-refractivity contribution in [3.05, 3.63) is 52.2 Å². The molecule has 7 nitrogen and oxygen atoms in total. The zero-order chi connectivity index (χ0) is 18.8. The van der Waals surface area contributed by atoms with Gasteiger partial charge < -0.3 is 14.5 Å². The molecule has 0 radical (unpaired) electrons. The summed E-state index contributed by atoms with van der Waals surface area (Å²) in [6.07, 6.45) is 1.22. The van der Waals surface area contributed by atoms with E-state index in [1.807, 2.05) is 24.3 Å². The molecular formula is C17H19BrN2O5S. The van der Waals surface area contributed by atoms with E-state index in [1.54, 1.807) is 0 Å². The summed E-state index contributed by atoms with van der Waals surface area (Å²) in [5.41, 5.74) is 0.353. The lowest BCUT2D eigenvalue weighted by molar-refractivity contribution is 0.0336. The number of carbonyl (C=O) groups is 1. The van der Waals surface area contributed by atoms with Gasteiger partial charge in [0.05, 0.1) is 5.54 Å². The van der Waals surface area contributed by atoms with Crippen LogP contribution in [0.5, 0.6) is 0 Å². The zero-order valence-corrected chi connectivity index (χ0v) is 16.5. The van der Waals surface area contributed by atoms with E-state index < -0.39 is 21.5 Å². The molecule has 0 unspecified atom stereocenters. The zero-order valence-electron chi connectivity index (χ0n) is 14.1. The Kier molecular flexibility index (Phi) is 5.52. The summed E-state index contributed by atoms with van der Waals surface area (Å²) in [6.45, 7) is 1.04. The van der Waals surface area contributed by atoms with Gasteiger partial charge in [0.2, 0.25) is 5.09 Å². The molecule has 140 valence electrons. The maximum atomic E-state index is 12.7. The Morgan fingerprint density at radius 3 is 2.58 bits per heavy atom. The molecule has 0 atom stereocenters. The van der Waals surface area contributed by atoms with Crippen molar-refractivity contribution in [2.24, 2.45) is 0 Å². The number of hydrogen-bond donors (Lipinski definition) is 2. The fourth-order valence-electron chi connectivity index (χ4n) is 2.96. The quantitative estimate of drug-likeness (QED) is 0.740. The largest absolute Gasteiger partial charge is 0.438 e. The Labute approximate surface area is 160 Å². The van der Waals surface area contributed by atoms with Gasteiger partial charge in [-0.3, -0.25) is 4.79 Å². The van der Waals surface area contributed by atoms with Gasteiger partial charge in [0.25, 0.3) is 15.9 Å². The molecule has 1 amide bonds. The van der Waals surface area contributed by atoms with E-state index in [2.05, 4.69) is 26.0 Å². The molecule has 26 heavy (non-hydrogen) atoms. The van der Waals surface area contributed by atoms with Crippen LogP contribution in [0.3, 0.4) is 0 Å². The van der Waals surface area contributed by atoms with Crippen LogP contribution in [-0.2, 0) is 20.3 Å². The first-order chi connectivity index (χ1) is 12.4. The second-order valence-electron chi connectivity index (χ2n) is 5.99. The molecule has 2 N–H and O–H groups in total. The highest BCUT2D eigenvalue weighted by Crippen LogP contribution is 2.34. The van der Waals surface area contributed by atoms with E-state index in [0.717, 1.165) is 10.0 Å². The van der Waals surface area contributed by atoms with Crippen molar-refractivity contribution in [1.29, 1.82) is 0 Å². The van der Waals surface area contributed by atoms with Gasteiger partial charge in [0.15, 0.2) is 5.76 Å². The minimum absolute atomic E-state index is 0.0558. The summed E-state index contributed by atoms with van der Waals surface area (Å²) in [5, 5.41) is 2.73. The lowest BCUT2D eigenvalue weighted by Gasteiger charge is -2.38. The fraction of sp³-hybridized carbons (Fsp3) is 0.353. The molecule has 1 saturated heterocycles. The molecule has 0 aliphatic carbocycles. The average Bonchev–Trinajstić information content (AvgIpc) is 3.14. The van der Waals surface area contributed by atoms with Crippen LogP contribution in [0.4, 0.5) is 0 Å². The number of ether oxygens (including phenoxy) is 1. The van der Waals surface area contributed by atoms with Gasteiger partial charge in [0.1, 0.15) is 0 Å². The number of benzene rings is 1. The van der Waals surface area contributed by atoms with Crippen LogP contribution < -0.4 is 10.0 Å². The highest BCUT2D eigenvalue weighted by molar-refractivity contribution is 9.10. The summed E-state index contributed by atoms with van der Waals surface area (Å²) in [7, 11) is -2.46. The maximum absolute atomic E-state index is 12.7. The molecule has 1 aromatic carbocycles.